The molecule has 0 aliphatic heterocycles. The summed E-state index contributed by atoms with van der Waals surface area (Å²) in [6, 6.07) is 3.33. The maximum atomic E-state index is 13.1. The zero-order chi connectivity index (χ0) is 11.3. The average molecular weight is 206 g/mol. The van der Waals surface area contributed by atoms with E-state index < -0.39 is 11.8 Å². The molecule has 76 valence electrons. The van der Waals surface area contributed by atoms with E-state index in [1.165, 1.54) is 0 Å². The van der Waals surface area contributed by atoms with Crippen LogP contribution in [0, 0.1) is 17.7 Å². The first kappa shape index (κ1) is 10.9. The Morgan fingerprint density at radius 2 is 2.27 bits per heavy atom. The van der Waals surface area contributed by atoms with Crippen molar-refractivity contribution in [1.29, 1.82) is 0 Å². The highest BCUT2D eigenvalue weighted by Gasteiger charge is 2.06. The molecule has 0 heterocycles. The van der Waals surface area contributed by atoms with E-state index in [9.17, 15) is 14.0 Å². The number of carboxylic acids is 1. The monoisotopic (exact) mass is 206 g/mol. The number of hydrogen-bond donors (Lipinski definition) is 1. The molecule has 0 bridgehead atoms. The molecule has 3 nitrogen and oxygen atoms in total. The van der Waals surface area contributed by atoms with Gasteiger partial charge in [0.25, 0.3) is 0 Å². The molecule has 0 fully saturated rings. The van der Waals surface area contributed by atoms with Gasteiger partial charge in [0.15, 0.2) is 0 Å². The first-order valence-corrected chi connectivity index (χ1v) is 4.10. The molecular formula is C11H7FO3. The van der Waals surface area contributed by atoms with Crippen LogP contribution in [0.1, 0.15) is 22.3 Å². The largest absolute Gasteiger partial charge is 0.478 e. The van der Waals surface area contributed by atoms with Crippen molar-refractivity contribution in [3.8, 4) is 11.8 Å². The number of aromatic carboxylic acids is 1. The highest BCUT2D eigenvalue weighted by Crippen LogP contribution is 2.09. The lowest BCUT2D eigenvalue weighted by Gasteiger charge is -1.96. The third kappa shape index (κ3) is 2.92. The smallest absolute Gasteiger partial charge is 0.335 e. The fraction of sp³-hybridized carbons (Fsp3) is 0.0909. The second-order valence-corrected chi connectivity index (χ2v) is 2.67. The molecule has 0 amide bonds. The molecule has 15 heavy (non-hydrogen) atoms. The number of aldehydes is 1. The summed E-state index contributed by atoms with van der Waals surface area (Å²) >= 11 is 0. The van der Waals surface area contributed by atoms with Gasteiger partial charge in [-0.15, -0.1) is 0 Å². The molecule has 0 atom stereocenters. The van der Waals surface area contributed by atoms with Crippen molar-refractivity contribution < 1.29 is 19.1 Å². The van der Waals surface area contributed by atoms with Gasteiger partial charge >= 0.3 is 5.97 Å². The molecule has 1 aromatic rings. The van der Waals surface area contributed by atoms with E-state index in [4.69, 9.17) is 5.11 Å². The summed E-state index contributed by atoms with van der Waals surface area (Å²) in [5.41, 5.74) is -0.0523. The molecule has 0 spiro atoms. The Morgan fingerprint density at radius 3 is 2.87 bits per heavy atom. The van der Waals surface area contributed by atoms with Gasteiger partial charge in [-0.3, -0.25) is 0 Å². The van der Waals surface area contributed by atoms with Gasteiger partial charge in [0.1, 0.15) is 12.1 Å². The van der Waals surface area contributed by atoms with Gasteiger partial charge in [-0.05, 0) is 18.2 Å². The van der Waals surface area contributed by atoms with Crippen LogP contribution in [0.15, 0.2) is 18.2 Å². The standard InChI is InChI=1S/C11H7FO3/c12-10-5-4-9(11(14)15)7-8(10)3-1-2-6-13/h4-7H,2H2,(H,14,15). The third-order valence-corrected chi connectivity index (χ3v) is 1.62. The molecular weight excluding hydrogens is 199 g/mol. The normalized spacial score (nSPS) is 8.87. The van der Waals surface area contributed by atoms with Crippen LogP contribution in [0.3, 0.4) is 0 Å². The minimum absolute atomic E-state index is 0.00324. The SMILES string of the molecule is O=CCC#Cc1cc(C(=O)O)ccc1F. The molecule has 1 rings (SSSR count). The second-order valence-electron chi connectivity index (χ2n) is 2.67. The van der Waals surface area contributed by atoms with Crippen LogP contribution in [-0.2, 0) is 4.79 Å². The summed E-state index contributed by atoms with van der Waals surface area (Å²) < 4.78 is 13.1. The fourth-order valence-electron chi connectivity index (χ4n) is 0.942. The van der Waals surface area contributed by atoms with E-state index in [0.29, 0.717) is 6.29 Å². The molecule has 0 saturated carbocycles. The van der Waals surface area contributed by atoms with E-state index in [1.807, 2.05) is 0 Å². The Bertz CT molecular complexity index is 455. The van der Waals surface area contributed by atoms with Crippen LogP contribution in [0.2, 0.25) is 0 Å². The minimum Gasteiger partial charge on any atom is -0.478 e. The molecule has 0 aliphatic carbocycles. The summed E-state index contributed by atoms with van der Waals surface area (Å²) in [7, 11) is 0. The number of benzene rings is 1. The van der Waals surface area contributed by atoms with Crippen LogP contribution in [0.25, 0.3) is 0 Å². The molecule has 0 aliphatic rings. The number of halogens is 1. The van der Waals surface area contributed by atoms with Crippen molar-refractivity contribution in [1.82, 2.24) is 0 Å². The zero-order valence-corrected chi connectivity index (χ0v) is 7.66. The van der Waals surface area contributed by atoms with Crippen LogP contribution >= 0.6 is 0 Å². The van der Waals surface area contributed by atoms with E-state index in [-0.39, 0.29) is 17.5 Å². The van der Waals surface area contributed by atoms with Gasteiger partial charge in [-0.1, -0.05) is 11.8 Å². The Kier molecular flexibility index (Phi) is 3.58. The van der Waals surface area contributed by atoms with Crippen LogP contribution in [0.5, 0.6) is 0 Å². The van der Waals surface area contributed by atoms with Crippen molar-refractivity contribution >= 4 is 12.3 Å². The third-order valence-electron chi connectivity index (χ3n) is 1.62. The summed E-state index contributed by atoms with van der Waals surface area (Å²) in [5.74, 6) is 3.05. The Balaban J connectivity index is 3.07. The summed E-state index contributed by atoms with van der Waals surface area (Å²) in [6.07, 6.45) is 0.586. The molecule has 0 unspecified atom stereocenters. The lowest BCUT2D eigenvalue weighted by molar-refractivity contribution is -0.107. The van der Waals surface area contributed by atoms with Gasteiger partial charge in [-0.25, -0.2) is 9.18 Å². The maximum Gasteiger partial charge on any atom is 0.335 e. The summed E-state index contributed by atoms with van der Waals surface area (Å²) in [5, 5.41) is 8.64. The van der Waals surface area contributed by atoms with Crippen molar-refractivity contribution in [2.45, 2.75) is 6.42 Å². The zero-order valence-electron chi connectivity index (χ0n) is 7.66. The number of hydrogen-bond acceptors (Lipinski definition) is 2. The lowest BCUT2D eigenvalue weighted by Crippen LogP contribution is -1.97. The van der Waals surface area contributed by atoms with Crippen LogP contribution in [-0.4, -0.2) is 17.4 Å². The van der Waals surface area contributed by atoms with Crippen molar-refractivity contribution in [3.63, 3.8) is 0 Å². The quantitative estimate of drug-likeness (QED) is 0.588. The van der Waals surface area contributed by atoms with E-state index in [2.05, 4.69) is 11.8 Å². The van der Waals surface area contributed by atoms with Gasteiger partial charge < -0.3 is 9.90 Å². The molecule has 4 heteroatoms. The summed E-state index contributed by atoms with van der Waals surface area (Å²) in [6.45, 7) is 0. The maximum absolute atomic E-state index is 13.1. The first-order chi connectivity index (χ1) is 7.15. The molecule has 1 aromatic carbocycles. The number of carbonyl (C=O) groups is 2. The number of carboxylic acid groups (broad SMARTS) is 1. The van der Waals surface area contributed by atoms with E-state index >= 15 is 0 Å². The fourth-order valence-corrected chi connectivity index (χ4v) is 0.942. The lowest BCUT2D eigenvalue weighted by atomic mass is 10.1. The highest BCUT2D eigenvalue weighted by molar-refractivity contribution is 5.88. The Hall–Kier alpha value is -2.15. The highest BCUT2D eigenvalue weighted by atomic mass is 19.1. The van der Waals surface area contributed by atoms with Gasteiger partial charge in [0.2, 0.25) is 0 Å². The predicted molar refractivity (Wildman–Crippen MR) is 50.9 cm³/mol. The van der Waals surface area contributed by atoms with Gasteiger partial charge in [0.05, 0.1) is 17.5 Å². The number of rotatable bonds is 2. The van der Waals surface area contributed by atoms with Crippen LogP contribution in [0.4, 0.5) is 4.39 Å². The Labute approximate surface area is 85.5 Å². The Morgan fingerprint density at radius 1 is 1.53 bits per heavy atom. The first-order valence-electron chi connectivity index (χ1n) is 4.10. The van der Waals surface area contributed by atoms with Crippen molar-refractivity contribution in [2.75, 3.05) is 0 Å². The van der Waals surface area contributed by atoms with Gasteiger partial charge in [-0.2, -0.15) is 0 Å². The average Bonchev–Trinajstić information content (AvgIpc) is 2.20. The molecule has 0 aromatic heterocycles. The van der Waals surface area contributed by atoms with E-state index in [0.717, 1.165) is 18.2 Å². The topological polar surface area (TPSA) is 54.4 Å². The molecule has 0 radical (unpaired) electrons. The minimum atomic E-state index is -1.14. The van der Waals surface area contributed by atoms with Crippen molar-refractivity contribution in [2.24, 2.45) is 0 Å². The van der Waals surface area contributed by atoms with E-state index in [1.54, 1.807) is 0 Å². The predicted octanol–water partition coefficient (Wildman–Crippen LogP) is 1.46. The summed E-state index contributed by atoms with van der Waals surface area (Å²) in [4.78, 5) is 20.5. The van der Waals surface area contributed by atoms with Crippen LogP contribution < -0.4 is 0 Å². The van der Waals surface area contributed by atoms with Crippen molar-refractivity contribution in [3.05, 3.63) is 35.1 Å². The number of carbonyl (C=O) groups excluding carboxylic acids is 1. The second kappa shape index (κ2) is 4.91. The van der Waals surface area contributed by atoms with Gasteiger partial charge in [0, 0.05) is 0 Å². The molecule has 1 N–H and O–H groups in total. The molecule has 0 saturated heterocycles.